The SMILES string of the molecule is Fc1ccc(-c2ccc(-c3ccccc3Oc3cccnc3)cc2Oc2ccccn2)cc1Cc1ccccc1. The van der Waals surface area contributed by atoms with Crippen molar-refractivity contribution in [2.45, 2.75) is 6.42 Å². The van der Waals surface area contributed by atoms with Crippen molar-refractivity contribution in [3.05, 3.63) is 157 Å². The normalized spacial score (nSPS) is 10.7. The second-order valence-electron chi connectivity index (χ2n) is 9.24. The lowest BCUT2D eigenvalue weighted by atomic mass is 9.95. The average molecular weight is 525 g/mol. The Bertz CT molecular complexity index is 1730. The third-order valence-corrected chi connectivity index (χ3v) is 6.49. The minimum absolute atomic E-state index is 0.238. The standard InChI is InChI=1S/C35H25FN2O2/c36-32-18-16-26(22-28(32)21-25-9-2-1-3-10-25)31-17-15-27(23-34(31)40-35-14-6-7-20-38-35)30-12-4-5-13-33(30)39-29-11-8-19-37-24-29/h1-20,22-24H,21H2. The van der Waals surface area contributed by atoms with Crippen LogP contribution in [0.5, 0.6) is 23.1 Å². The Labute approximate surface area is 232 Å². The lowest BCUT2D eigenvalue weighted by Crippen LogP contribution is -1.96. The molecule has 4 nitrogen and oxygen atoms in total. The number of hydrogen-bond acceptors (Lipinski definition) is 4. The maximum Gasteiger partial charge on any atom is 0.219 e. The van der Waals surface area contributed by atoms with Crippen molar-refractivity contribution < 1.29 is 13.9 Å². The van der Waals surface area contributed by atoms with E-state index in [2.05, 4.69) is 9.97 Å². The lowest BCUT2D eigenvalue weighted by molar-refractivity contribution is 0.464. The van der Waals surface area contributed by atoms with Crippen LogP contribution in [0.2, 0.25) is 0 Å². The number of para-hydroxylation sites is 1. The highest BCUT2D eigenvalue weighted by Crippen LogP contribution is 2.40. The van der Waals surface area contributed by atoms with E-state index < -0.39 is 0 Å². The van der Waals surface area contributed by atoms with Gasteiger partial charge in [0.25, 0.3) is 0 Å². The Morgan fingerprint density at radius 3 is 2.20 bits per heavy atom. The van der Waals surface area contributed by atoms with Crippen LogP contribution in [0, 0.1) is 5.82 Å². The van der Waals surface area contributed by atoms with Crippen molar-refractivity contribution in [3.63, 3.8) is 0 Å². The fourth-order valence-corrected chi connectivity index (χ4v) is 4.55. The van der Waals surface area contributed by atoms with Crippen molar-refractivity contribution in [3.8, 4) is 45.4 Å². The van der Waals surface area contributed by atoms with Crippen LogP contribution >= 0.6 is 0 Å². The quantitative estimate of drug-likeness (QED) is 0.199. The van der Waals surface area contributed by atoms with Crippen LogP contribution in [0.4, 0.5) is 4.39 Å². The summed E-state index contributed by atoms with van der Waals surface area (Å²) in [6.45, 7) is 0. The Hall–Kier alpha value is -5.29. The van der Waals surface area contributed by atoms with Gasteiger partial charge in [-0.25, -0.2) is 9.37 Å². The molecule has 0 unspecified atom stereocenters. The fraction of sp³-hybridized carbons (Fsp3) is 0.0286. The molecule has 0 saturated carbocycles. The predicted octanol–water partition coefficient (Wildman–Crippen LogP) is 9.13. The van der Waals surface area contributed by atoms with Gasteiger partial charge < -0.3 is 9.47 Å². The van der Waals surface area contributed by atoms with Gasteiger partial charge in [-0.1, -0.05) is 72.8 Å². The molecule has 0 saturated heterocycles. The summed E-state index contributed by atoms with van der Waals surface area (Å²) >= 11 is 0. The maximum absolute atomic E-state index is 14.9. The van der Waals surface area contributed by atoms with Crippen molar-refractivity contribution in [2.24, 2.45) is 0 Å². The molecule has 40 heavy (non-hydrogen) atoms. The van der Waals surface area contributed by atoms with E-state index in [-0.39, 0.29) is 5.82 Å². The number of pyridine rings is 2. The second kappa shape index (κ2) is 11.6. The molecule has 2 aromatic heterocycles. The van der Waals surface area contributed by atoms with Gasteiger partial charge in [0.2, 0.25) is 5.88 Å². The highest BCUT2D eigenvalue weighted by atomic mass is 19.1. The van der Waals surface area contributed by atoms with E-state index in [9.17, 15) is 4.39 Å². The first-order chi connectivity index (χ1) is 19.7. The van der Waals surface area contributed by atoms with Crippen LogP contribution in [0.15, 0.2) is 140 Å². The zero-order valence-corrected chi connectivity index (χ0v) is 21.6. The Kier molecular flexibility index (Phi) is 7.27. The van der Waals surface area contributed by atoms with E-state index in [4.69, 9.17) is 9.47 Å². The molecule has 0 radical (unpaired) electrons. The van der Waals surface area contributed by atoms with Crippen molar-refractivity contribution >= 4 is 0 Å². The van der Waals surface area contributed by atoms with E-state index in [1.807, 2.05) is 103 Å². The molecule has 0 atom stereocenters. The molecule has 0 aliphatic carbocycles. The predicted molar refractivity (Wildman–Crippen MR) is 155 cm³/mol. The van der Waals surface area contributed by atoms with Gasteiger partial charge in [0.15, 0.2) is 0 Å². The van der Waals surface area contributed by atoms with Crippen molar-refractivity contribution in [1.29, 1.82) is 0 Å². The third kappa shape index (κ3) is 5.74. The summed E-state index contributed by atoms with van der Waals surface area (Å²) in [5, 5.41) is 0. The topological polar surface area (TPSA) is 44.2 Å². The van der Waals surface area contributed by atoms with Crippen molar-refractivity contribution in [2.75, 3.05) is 0 Å². The summed E-state index contributed by atoms with van der Waals surface area (Å²) in [4.78, 5) is 8.51. The molecule has 6 aromatic rings. The molecule has 0 amide bonds. The minimum Gasteiger partial charge on any atom is -0.455 e. The van der Waals surface area contributed by atoms with E-state index in [0.717, 1.165) is 27.8 Å². The Morgan fingerprint density at radius 1 is 0.600 bits per heavy atom. The number of halogens is 1. The molecule has 194 valence electrons. The van der Waals surface area contributed by atoms with Gasteiger partial charge in [-0.15, -0.1) is 0 Å². The number of hydrogen-bond donors (Lipinski definition) is 0. The van der Waals surface area contributed by atoms with Crippen LogP contribution in [-0.2, 0) is 6.42 Å². The number of ether oxygens (including phenoxy) is 2. The molecule has 6 rings (SSSR count). The lowest BCUT2D eigenvalue weighted by Gasteiger charge is -2.16. The van der Waals surface area contributed by atoms with Gasteiger partial charge in [0, 0.05) is 36.0 Å². The molecular formula is C35H25FN2O2. The molecule has 4 aromatic carbocycles. The monoisotopic (exact) mass is 524 g/mol. The highest BCUT2D eigenvalue weighted by molar-refractivity contribution is 5.79. The van der Waals surface area contributed by atoms with E-state index in [1.54, 1.807) is 30.7 Å². The molecule has 5 heteroatoms. The number of nitrogens with zero attached hydrogens (tertiary/aromatic N) is 2. The van der Waals surface area contributed by atoms with Gasteiger partial charge in [-0.05, 0) is 64.7 Å². The summed E-state index contributed by atoms with van der Waals surface area (Å²) in [5.41, 5.74) is 5.14. The van der Waals surface area contributed by atoms with Crippen LogP contribution in [0.1, 0.15) is 11.1 Å². The second-order valence-corrected chi connectivity index (χ2v) is 9.24. The number of aromatic nitrogens is 2. The average Bonchev–Trinajstić information content (AvgIpc) is 3.00. The zero-order chi connectivity index (χ0) is 27.1. The first-order valence-electron chi connectivity index (χ1n) is 13.0. The summed E-state index contributed by atoms with van der Waals surface area (Å²) < 4.78 is 27.3. The van der Waals surface area contributed by atoms with Gasteiger partial charge in [-0.2, -0.15) is 0 Å². The molecule has 0 N–H and O–H groups in total. The van der Waals surface area contributed by atoms with Crippen molar-refractivity contribution in [1.82, 2.24) is 9.97 Å². The Balaban J connectivity index is 1.42. The summed E-state index contributed by atoms with van der Waals surface area (Å²) in [7, 11) is 0. The summed E-state index contributed by atoms with van der Waals surface area (Å²) in [5.74, 6) is 2.17. The first kappa shape index (κ1) is 25.0. The van der Waals surface area contributed by atoms with Gasteiger partial charge in [0.05, 0.1) is 6.20 Å². The molecule has 0 aliphatic rings. The minimum atomic E-state index is -0.238. The molecule has 0 spiro atoms. The van der Waals surface area contributed by atoms with Crippen LogP contribution in [-0.4, -0.2) is 9.97 Å². The molecule has 2 heterocycles. The maximum atomic E-state index is 14.9. The van der Waals surface area contributed by atoms with Crippen LogP contribution in [0.25, 0.3) is 22.3 Å². The van der Waals surface area contributed by atoms with Crippen LogP contribution in [0.3, 0.4) is 0 Å². The van der Waals surface area contributed by atoms with E-state index >= 15 is 0 Å². The Morgan fingerprint density at radius 2 is 1.38 bits per heavy atom. The van der Waals surface area contributed by atoms with Gasteiger partial charge >= 0.3 is 0 Å². The van der Waals surface area contributed by atoms with E-state index in [0.29, 0.717) is 35.1 Å². The molecular weight excluding hydrogens is 499 g/mol. The number of rotatable bonds is 8. The summed E-state index contributed by atoms with van der Waals surface area (Å²) in [6, 6.07) is 38.1. The van der Waals surface area contributed by atoms with Crippen LogP contribution < -0.4 is 9.47 Å². The van der Waals surface area contributed by atoms with E-state index in [1.165, 1.54) is 6.07 Å². The molecule has 0 fully saturated rings. The zero-order valence-electron chi connectivity index (χ0n) is 21.6. The first-order valence-corrected chi connectivity index (χ1v) is 13.0. The third-order valence-electron chi connectivity index (χ3n) is 6.49. The summed E-state index contributed by atoms with van der Waals surface area (Å²) in [6.07, 6.45) is 5.57. The smallest absolute Gasteiger partial charge is 0.219 e. The number of benzene rings is 4. The fourth-order valence-electron chi connectivity index (χ4n) is 4.55. The molecule has 0 bridgehead atoms. The van der Waals surface area contributed by atoms with Gasteiger partial charge in [-0.3, -0.25) is 4.98 Å². The highest BCUT2D eigenvalue weighted by Gasteiger charge is 2.15. The molecule has 0 aliphatic heterocycles. The van der Waals surface area contributed by atoms with Gasteiger partial charge in [0.1, 0.15) is 23.1 Å². The largest absolute Gasteiger partial charge is 0.455 e.